The van der Waals surface area contributed by atoms with Crippen LogP contribution in [0.3, 0.4) is 0 Å². The van der Waals surface area contributed by atoms with Crippen LogP contribution in [0.2, 0.25) is 0 Å². The van der Waals surface area contributed by atoms with Gasteiger partial charge in [0.25, 0.3) is 0 Å². The molecule has 0 radical (unpaired) electrons. The van der Waals surface area contributed by atoms with Crippen molar-refractivity contribution in [1.29, 1.82) is 0 Å². The second kappa shape index (κ2) is 11.3. The summed E-state index contributed by atoms with van der Waals surface area (Å²) in [6.07, 6.45) is 3.47. The van der Waals surface area contributed by atoms with E-state index in [9.17, 15) is 9.90 Å². The summed E-state index contributed by atoms with van der Waals surface area (Å²) in [5, 5.41) is 14.8. The van der Waals surface area contributed by atoms with Gasteiger partial charge in [-0.3, -0.25) is 4.79 Å². The minimum Gasteiger partial charge on any atom is -0.494 e. The zero-order chi connectivity index (χ0) is 25.5. The number of aryl methyl sites for hydroxylation is 1. The highest BCUT2D eigenvalue weighted by Gasteiger charge is 2.29. The maximum atomic E-state index is 11.5. The van der Waals surface area contributed by atoms with Crippen molar-refractivity contribution in [3.05, 3.63) is 77.9 Å². The molecule has 4 aromatic rings. The summed E-state index contributed by atoms with van der Waals surface area (Å²) in [6.45, 7) is 6.62. The number of nitrogens with zero attached hydrogens (tertiary/aromatic N) is 1. The highest BCUT2D eigenvalue weighted by Crippen LogP contribution is 2.35. The van der Waals surface area contributed by atoms with Gasteiger partial charge in [-0.05, 0) is 62.9 Å². The van der Waals surface area contributed by atoms with Gasteiger partial charge >= 0.3 is 5.97 Å². The number of aliphatic carboxylic acids is 1. The molecule has 3 aromatic carbocycles. The summed E-state index contributed by atoms with van der Waals surface area (Å²) < 4.78 is 17.8. The maximum Gasteiger partial charge on any atom is 0.313 e. The first-order valence-corrected chi connectivity index (χ1v) is 12.5. The quantitative estimate of drug-likeness (QED) is 0.216. The van der Waals surface area contributed by atoms with E-state index in [0.29, 0.717) is 19.0 Å². The van der Waals surface area contributed by atoms with Crippen LogP contribution in [0.4, 0.5) is 0 Å². The smallest absolute Gasteiger partial charge is 0.313 e. The standard InChI is InChI=1S/C30H33NO5/c1-4-11-24-26(17-16-25-27(31-36-28(24)25)21-12-6-5-7-13-21)35-19-9-8-18-34-23-15-10-14-22(20-23)30(2,3)29(32)33/h5-7,10,12-17,20H,4,8-9,11,18-19H2,1-3H3,(H,32,33). The van der Waals surface area contributed by atoms with Gasteiger partial charge in [-0.1, -0.05) is 61.0 Å². The van der Waals surface area contributed by atoms with E-state index in [1.54, 1.807) is 19.9 Å². The monoisotopic (exact) mass is 487 g/mol. The second-order valence-corrected chi connectivity index (χ2v) is 9.43. The molecule has 188 valence electrons. The number of rotatable bonds is 12. The minimum atomic E-state index is -0.962. The Labute approximate surface area is 211 Å². The molecule has 4 rings (SSSR count). The largest absolute Gasteiger partial charge is 0.494 e. The van der Waals surface area contributed by atoms with Crippen molar-refractivity contribution in [2.45, 2.75) is 51.9 Å². The summed E-state index contributed by atoms with van der Waals surface area (Å²) in [5.74, 6) is 0.654. The Morgan fingerprint density at radius 3 is 2.44 bits per heavy atom. The molecular formula is C30H33NO5. The predicted octanol–water partition coefficient (Wildman–Crippen LogP) is 7.05. The van der Waals surface area contributed by atoms with Crippen molar-refractivity contribution in [3.8, 4) is 22.8 Å². The fraction of sp³-hybridized carbons (Fsp3) is 0.333. The Morgan fingerprint density at radius 1 is 0.972 bits per heavy atom. The lowest BCUT2D eigenvalue weighted by molar-refractivity contribution is -0.142. The maximum absolute atomic E-state index is 11.5. The summed E-state index contributed by atoms with van der Waals surface area (Å²) in [5.41, 5.74) is 3.49. The number of fused-ring (bicyclic) bond motifs is 1. The molecule has 0 spiro atoms. The van der Waals surface area contributed by atoms with Gasteiger partial charge in [0, 0.05) is 11.1 Å². The Bertz CT molecular complexity index is 1310. The molecule has 1 heterocycles. The van der Waals surface area contributed by atoms with Crippen LogP contribution < -0.4 is 9.47 Å². The molecular weight excluding hydrogens is 454 g/mol. The lowest BCUT2D eigenvalue weighted by Gasteiger charge is -2.20. The van der Waals surface area contributed by atoms with Crippen molar-refractivity contribution in [2.24, 2.45) is 0 Å². The summed E-state index contributed by atoms with van der Waals surface area (Å²) in [4.78, 5) is 11.5. The van der Waals surface area contributed by atoms with Crippen molar-refractivity contribution in [2.75, 3.05) is 13.2 Å². The van der Waals surface area contributed by atoms with E-state index in [1.807, 2.05) is 60.7 Å². The zero-order valence-electron chi connectivity index (χ0n) is 21.1. The molecule has 0 amide bonds. The van der Waals surface area contributed by atoms with Crippen LogP contribution in [0.15, 0.2) is 71.3 Å². The molecule has 36 heavy (non-hydrogen) atoms. The van der Waals surface area contributed by atoms with E-state index in [-0.39, 0.29) is 0 Å². The number of ether oxygens (including phenoxy) is 2. The second-order valence-electron chi connectivity index (χ2n) is 9.43. The first-order chi connectivity index (χ1) is 17.4. The van der Waals surface area contributed by atoms with E-state index >= 15 is 0 Å². The number of aromatic nitrogens is 1. The van der Waals surface area contributed by atoms with Crippen molar-refractivity contribution in [3.63, 3.8) is 0 Å². The average Bonchev–Trinajstić information content (AvgIpc) is 3.32. The fourth-order valence-corrected chi connectivity index (χ4v) is 4.14. The number of unbranched alkanes of at least 4 members (excludes halogenated alkanes) is 1. The van der Waals surface area contributed by atoms with Crippen LogP contribution >= 0.6 is 0 Å². The van der Waals surface area contributed by atoms with Crippen LogP contribution in [-0.4, -0.2) is 29.4 Å². The summed E-state index contributed by atoms with van der Waals surface area (Å²) in [7, 11) is 0. The molecule has 0 unspecified atom stereocenters. The van der Waals surface area contributed by atoms with Crippen LogP contribution in [-0.2, 0) is 16.6 Å². The van der Waals surface area contributed by atoms with Gasteiger partial charge in [0.15, 0.2) is 5.58 Å². The SMILES string of the molecule is CCCc1c(OCCCCOc2cccc(C(C)(C)C(=O)O)c2)ccc2c(-c3ccccc3)noc12. The van der Waals surface area contributed by atoms with Gasteiger partial charge < -0.3 is 19.1 Å². The highest BCUT2D eigenvalue weighted by atomic mass is 16.5. The molecule has 0 saturated carbocycles. The van der Waals surface area contributed by atoms with Crippen molar-refractivity contribution in [1.82, 2.24) is 5.16 Å². The van der Waals surface area contributed by atoms with Crippen molar-refractivity contribution < 1.29 is 23.9 Å². The lowest BCUT2D eigenvalue weighted by atomic mass is 9.85. The van der Waals surface area contributed by atoms with Gasteiger partial charge in [-0.2, -0.15) is 0 Å². The Hall–Kier alpha value is -3.80. The molecule has 0 saturated heterocycles. The molecule has 6 heteroatoms. The van der Waals surface area contributed by atoms with Gasteiger partial charge in [-0.25, -0.2) is 0 Å². The number of benzene rings is 3. The van der Waals surface area contributed by atoms with Crippen molar-refractivity contribution >= 4 is 16.9 Å². The van der Waals surface area contributed by atoms with Gasteiger partial charge in [0.2, 0.25) is 0 Å². The third-order valence-electron chi connectivity index (χ3n) is 6.40. The van der Waals surface area contributed by atoms with E-state index in [1.165, 1.54) is 0 Å². The molecule has 0 aliphatic rings. The summed E-state index contributed by atoms with van der Waals surface area (Å²) >= 11 is 0. The molecule has 0 atom stereocenters. The molecule has 1 N–H and O–H groups in total. The van der Waals surface area contributed by atoms with Crippen LogP contribution in [0, 0.1) is 0 Å². The highest BCUT2D eigenvalue weighted by molar-refractivity contribution is 5.94. The Balaban J connectivity index is 1.34. The molecule has 0 fully saturated rings. The molecule has 6 nitrogen and oxygen atoms in total. The first-order valence-electron chi connectivity index (χ1n) is 12.5. The van der Waals surface area contributed by atoms with Crippen LogP contribution in [0.1, 0.15) is 51.2 Å². The van der Waals surface area contributed by atoms with Gasteiger partial charge in [-0.15, -0.1) is 0 Å². The number of carboxylic acids is 1. The van der Waals surface area contributed by atoms with Gasteiger partial charge in [0.1, 0.15) is 17.2 Å². The Morgan fingerprint density at radius 2 is 1.72 bits per heavy atom. The molecule has 0 bridgehead atoms. The predicted molar refractivity (Wildman–Crippen MR) is 141 cm³/mol. The van der Waals surface area contributed by atoms with Crippen LogP contribution in [0.25, 0.3) is 22.2 Å². The molecule has 0 aliphatic heterocycles. The minimum absolute atomic E-state index is 0.531. The topological polar surface area (TPSA) is 81.8 Å². The third-order valence-corrected chi connectivity index (χ3v) is 6.40. The van der Waals surface area contributed by atoms with E-state index in [0.717, 1.165) is 64.8 Å². The molecule has 0 aliphatic carbocycles. The van der Waals surface area contributed by atoms with E-state index in [4.69, 9.17) is 14.0 Å². The van der Waals surface area contributed by atoms with E-state index in [2.05, 4.69) is 12.1 Å². The number of carbonyl (C=O) groups is 1. The Kier molecular flexibility index (Phi) is 7.93. The van der Waals surface area contributed by atoms with Gasteiger partial charge in [0.05, 0.1) is 24.0 Å². The number of hydrogen-bond acceptors (Lipinski definition) is 5. The zero-order valence-corrected chi connectivity index (χ0v) is 21.1. The lowest BCUT2D eigenvalue weighted by Crippen LogP contribution is -2.28. The average molecular weight is 488 g/mol. The third kappa shape index (κ3) is 5.54. The number of carboxylic acid groups (broad SMARTS) is 1. The number of hydrogen-bond donors (Lipinski definition) is 1. The fourth-order valence-electron chi connectivity index (χ4n) is 4.14. The summed E-state index contributed by atoms with van der Waals surface area (Å²) in [6, 6.07) is 21.4. The molecule has 1 aromatic heterocycles. The van der Waals surface area contributed by atoms with Crippen LogP contribution in [0.5, 0.6) is 11.5 Å². The normalized spacial score (nSPS) is 11.5. The first kappa shape index (κ1) is 25.3. The van der Waals surface area contributed by atoms with E-state index < -0.39 is 11.4 Å².